The van der Waals surface area contributed by atoms with Crippen LogP contribution in [0.3, 0.4) is 0 Å². The fourth-order valence-electron chi connectivity index (χ4n) is 2.90. The normalized spacial score (nSPS) is 10.8. The van der Waals surface area contributed by atoms with Gasteiger partial charge >= 0.3 is 0 Å². The summed E-state index contributed by atoms with van der Waals surface area (Å²) in [7, 11) is 3.94. The molecule has 0 spiro atoms. The number of nitrogens with zero attached hydrogens (tertiary/aromatic N) is 2. The molecule has 0 radical (unpaired) electrons. The summed E-state index contributed by atoms with van der Waals surface area (Å²) in [6.07, 6.45) is 4.02. The van der Waals surface area contributed by atoms with Crippen molar-refractivity contribution < 1.29 is 4.79 Å². The van der Waals surface area contributed by atoms with Crippen LogP contribution >= 0.6 is 0 Å². The number of aromatic nitrogens is 2. The fraction of sp³-hybridized carbons (Fsp3) is 0.263. The molecule has 0 unspecified atom stereocenters. The lowest BCUT2D eigenvalue weighted by Gasteiger charge is -2.16. The Morgan fingerprint density at radius 1 is 1.25 bits per heavy atom. The Balaban J connectivity index is 1.69. The van der Waals surface area contributed by atoms with E-state index in [0.29, 0.717) is 13.0 Å². The second-order valence-corrected chi connectivity index (χ2v) is 6.13. The molecule has 0 saturated carbocycles. The maximum atomic E-state index is 12.3. The Hall–Kier alpha value is -2.82. The number of fused-ring (bicyclic) bond motifs is 1. The highest BCUT2D eigenvalue weighted by Crippen LogP contribution is 2.21. The van der Waals surface area contributed by atoms with E-state index in [9.17, 15) is 4.79 Å². The second-order valence-electron chi connectivity index (χ2n) is 6.13. The molecule has 124 valence electrons. The van der Waals surface area contributed by atoms with Gasteiger partial charge < -0.3 is 15.2 Å². The van der Waals surface area contributed by atoms with Crippen molar-refractivity contribution in [3.8, 4) is 0 Å². The van der Waals surface area contributed by atoms with E-state index < -0.39 is 0 Å². The first-order valence-electron chi connectivity index (χ1n) is 7.99. The molecule has 3 rings (SSSR count). The van der Waals surface area contributed by atoms with Crippen LogP contribution in [0, 0.1) is 6.92 Å². The standard InChI is InChI=1S/C19H22N4O/c1-13-6-4-7-15-14(11-22-19(13)15)10-18(24)21-12-16-17(23(2)3)8-5-9-20-16/h4-9,11,22H,10,12H2,1-3H3,(H,21,24). The zero-order chi connectivity index (χ0) is 17.1. The summed E-state index contributed by atoms with van der Waals surface area (Å²) in [5.41, 5.74) is 5.18. The quantitative estimate of drug-likeness (QED) is 0.759. The average molecular weight is 322 g/mol. The molecule has 0 fully saturated rings. The Bertz CT molecular complexity index is 867. The Morgan fingerprint density at radius 3 is 2.88 bits per heavy atom. The monoisotopic (exact) mass is 322 g/mol. The number of nitrogens with one attached hydrogen (secondary N) is 2. The number of para-hydroxylation sites is 1. The molecule has 0 aliphatic carbocycles. The van der Waals surface area contributed by atoms with Gasteiger partial charge in [-0.3, -0.25) is 9.78 Å². The minimum absolute atomic E-state index is 0.00670. The van der Waals surface area contributed by atoms with E-state index in [2.05, 4.69) is 28.3 Å². The maximum Gasteiger partial charge on any atom is 0.224 e. The highest BCUT2D eigenvalue weighted by molar-refractivity contribution is 5.90. The molecule has 24 heavy (non-hydrogen) atoms. The molecule has 5 nitrogen and oxygen atoms in total. The predicted octanol–water partition coefficient (Wildman–Crippen LogP) is 2.80. The number of carbonyl (C=O) groups is 1. The van der Waals surface area contributed by atoms with Crippen LogP contribution in [0.1, 0.15) is 16.8 Å². The van der Waals surface area contributed by atoms with Crippen LogP contribution in [0.2, 0.25) is 0 Å². The summed E-state index contributed by atoms with van der Waals surface area (Å²) in [5, 5.41) is 4.08. The van der Waals surface area contributed by atoms with Crippen LogP contribution in [0.4, 0.5) is 5.69 Å². The molecule has 0 aliphatic heterocycles. The van der Waals surface area contributed by atoms with E-state index in [0.717, 1.165) is 27.8 Å². The van der Waals surface area contributed by atoms with Gasteiger partial charge in [-0.15, -0.1) is 0 Å². The van der Waals surface area contributed by atoms with Crippen LogP contribution in [-0.4, -0.2) is 30.0 Å². The largest absolute Gasteiger partial charge is 0.376 e. The molecule has 1 amide bonds. The minimum Gasteiger partial charge on any atom is -0.376 e. The van der Waals surface area contributed by atoms with Gasteiger partial charge in [0.05, 0.1) is 24.3 Å². The van der Waals surface area contributed by atoms with E-state index in [-0.39, 0.29) is 5.91 Å². The van der Waals surface area contributed by atoms with E-state index in [1.807, 2.05) is 49.5 Å². The van der Waals surface area contributed by atoms with Crippen molar-refractivity contribution in [1.82, 2.24) is 15.3 Å². The third kappa shape index (κ3) is 3.25. The third-order valence-corrected chi connectivity index (χ3v) is 4.16. The highest BCUT2D eigenvalue weighted by atomic mass is 16.1. The number of hydrogen-bond donors (Lipinski definition) is 2. The van der Waals surface area contributed by atoms with Crippen molar-refractivity contribution in [3.05, 3.63) is 59.5 Å². The van der Waals surface area contributed by atoms with E-state index in [1.54, 1.807) is 6.20 Å². The van der Waals surface area contributed by atoms with E-state index in [4.69, 9.17) is 0 Å². The number of rotatable bonds is 5. The average Bonchev–Trinajstić information content (AvgIpc) is 2.97. The minimum atomic E-state index is -0.00670. The lowest BCUT2D eigenvalue weighted by Crippen LogP contribution is -2.26. The number of pyridine rings is 1. The number of aryl methyl sites for hydroxylation is 1. The number of aromatic amines is 1. The molecule has 5 heteroatoms. The number of H-pyrrole nitrogens is 1. The van der Waals surface area contributed by atoms with E-state index >= 15 is 0 Å². The van der Waals surface area contributed by atoms with Gasteiger partial charge in [-0.25, -0.2) is 0 Å². The van der Waals surface area contributed by atoms with Crippen LogP contribution in [0.5, 0.6) is 0 Å². The first-order chi connectivity index (χ1) is 11.6. The van der Waals surface area contributed by atoms with E-state index in [1.165, 1.54) is 5.56 Å². The topological polar surface area (TPSA) is 61.0 Å². The molecule has 0 aliphatic rings. The fourth-order valence-corrected chi connectivity index (χ4v) is 2.90. The molecule has 0 bridgehead atoms. The van der Waals surface area contributed by atoms with Gasteiger partial charge in [0, 0.05) is 37.4 Å². The van der Waals surface area contributed by atoms with Gasteiger partial charge in [0.2, 0.25) is 5.91 Å². The SMILES string of the molecule is Cc1cccc2c(CC(=O)NCc3ncccc3N(C)C)c[nH]c12. The molecule has 3 aromatic rings. The summed E-state index contributed by atoms with van der Waals surface area (Å²) in [5.74, 6) is -0.00670. The number of benzene rings is 1. The molecule has 2 heterocycles. The Labute approximate surface area is 141 Å². The first-order valence-corrected chi connectivity index (χ1v) is 7.99. The van der Waals surface area contributed by atoms with Crippen LogP contribution in [-0.2, 0) is 17.8 Å². The van der Waals surface area contributed by atoms with Crippen molar-refractivity contribution in [1.29, 1.82) is 0 Å². The zero-order valence-corrected chi connectivity index (χ0v) is 14.3. The van der Waals surface area contributed by atoms with Crippen LogP contribution in [0.15, 0.2) is 42.7 Å². The summed E-state index contributed by atoms with van der Waals surface area (Å²) >= 11 is 0. The lowest BCUT2D eigenvalue weighted by molar-refractivity contribution is -0.120. The zero-order valence-electron chi connectivity index (χ0n) is 14.3. The molecule has 2 aromatic heterocycles. The van der Waals surface area contributed by atoms with Gasteiger partial charge in [0.15, 0.2) is 0 Å². The third-order valence-electron chi connectivity index (χ3n) is 4.16. The van der Waals surface area contributed by atoms with Gasteiger partial charge in [0.25, 0.3) is 0 Å². The van der Waals surface area contributed by atoms with Crippen molar-refractivity contribution in [2.45, 2.75) is 19.9 Å². The van der Waals surface area contributed by atoms with Crippen LogP contribution in [0.25, 0.3) is 10.9 Å². The summed E-state index contributed by atoms with van der Waals surface area (Å²) in [6, 6.07) is 10.0. The highest BCUT2D eigenvalue weighted by Gasteiger charge is 2.11. The number of amides is 1. The van der Waals surface area contributed by atoms with Crippen LogP contribution < -0.4 is 10.2 Å². The van der Waals surface area contributed by atoms with Crippen molar-refractivity contribution in [2.75, 3.05) is 19.0 Å². The number of hydrogen-bond acceptors (Lipinski definition) is 3. The smallest absolute Gasteiger partial charge is 0.224 e. The molecule has 2 N–H and O–H groups in total. The van der Waals surface area contributed by atoms with Crippen molar-refractivity contribution in [2.24, 2.45) is 0 Å². The number of carbonyl (C=O) groups excluding carboxylic acids is 1. The first kappa shape index (κ1) is 16.1. The molecule has 0 atom stereocenters. The summed E-state index contributed by atoms with van der Waals surface area (Å²) in [6.45, 7) is 2.49. The van der Waals surface area contributed by atoms with Crippen molar-refractivity contribution >= 4 is 22.5 Å². The van der Waals surface area contributed by atoms with Gasteiger partial charge in [-0.05, 0) is 30.2 Å². The molecular weight excluding hydrogens is 300 g/mol. The Kier molecular flexibility index (Phi) is 4.51. The molecular formula is C19H22N4O. The van der Waals surface area contributed by atoms with Gasteiger partial charge in [-0.1, -0.05) is 18.2 Å². The Morgan fingerprint density at radius 2 is 2.08 bits per heavy atom. The lowest BCUT2D eigenvalue weighted by atomic mass is 10.1. The maximum absolute atomic E-state index is 12.3. The van der Waals surface area contributed by atoms with Crippen molar-refractivity contribution in [3.63, 3.8) is 0 Å². The molecule has 0 saturated heterocycles. The summed E-state index contributed by atoms with van der Waals surface area (Å²) < 4.78 is 0. The summed E-state index contributed by atoms with van der Waals surface area (Å²) in [4.78, 5) is 22.0. The number of anilines is 1. The molecule has 1 aromatic carbocycles. The predicted molar refractivity (Wildman–Crippen MR) is 97.2 cm³/mol. The van der Waals surface area contributed by atoms with Gasteiger partial charge in [-0.2, -0.15) is 0 Å². The second kappa shape index (κ2) is 6.74. The van der Waals surface area contributed by atoms with Gasteiger partial charge in [0.1, 0.15) is 0 Å².